The molecule has 2 aliphatic rings. The first kappa shape index (κ1) is 35.0. The number of aryl methyl sites for hydroxylation is 2. The molecule has 58 heavy (non-hydrogen) atoms. The molecule has 1 nitrogen and oxygen atoms in total. The van der Waals surface area contributed by atoms with Crippen molar-refractivity contribution in [3.63, 3.8) is 0 Å². The van der Waals surface area contributed by atoms with E-state index < -0.39 is 0 Å². The SMILES string of the molecule is Cc1cc(C)c2c(c1)C(C)(C)c1ccc(-c3cccc(N(c4ccc(-c5cccc6c5sc5ccccc56)cc4)c4cccc5c4-c4ccccc4C5(C)C)c3)cc1-2. The number of fused-ring (bicyclic) bond motifs is 9. The molecule has 2 heteroatoms. The molecule has 0 N–H and O–H groups in total. The molecular formula is C56H45NS. The summed E-state index contributed by atoms with van der Waals surface area (Å²) in [5.41, 5.74) is 22.0. The predicted molar refractivity (Wildman–Crippen MR) is 249 cm³/mol. The van der Waals surface area contributed by atoms with Crippen molar-refractivity contribution in [2.75, 3.05) is 4.90 Å². The lowest BCUT2D eigenvalue weighted by atomic mass is 9.81. The average molecular weight is 764 g/mol. The van der Waals surface area contributed by atoms with Crippen LogP contribution in [0.1, 0.15) is 61.1 Å². The fourth-order valence-corrected chi connectivity index (χ4v) is 11.6. The molecule has 1 heterocycles. The van der Waals surface area contributed by atoms with Gasteiger partial charge in [0.1, 0.15) is 0 Å². The van der Waals surface area contributed by atoms with E-state index >= 15 is 0 Å². The number of rotatable bonds is 5. The summed E-state index contributed by atoms with van der Waals surface area (Å²) in [7, 11) is 0. The van der Waals surface area contributed by atoms with Crippen LogP contribution in [-0.4, -0.2) is 0 Å². The first-order chi connectivity index (χ1) is 28.1. The van der Waals surface area contributed by atoms with E-state index in [1.54, 1.807) is 0 Å². The highest BCUT2D eigenvalue weighted by Gasteiger charge is 2.38. The molecule has 0 amide bonds. The Morgan fingerprint density at radius 3 is 1.95 bits per heavy atom. The van der Waals surface area contributed by atoms with Crippen LogP contribution >= 0.6 is 11.3 Å². The zero-order valence-electron chi connectivity index (χ0n) is 33.9. The third-order valence-corrected chi connectivity index (χ3v) is 14.4. The van der Waals surface area contributed by atoms with E-state index in [9.17, 15) is 0 Å². The van der Waals surface area contributed by atoms with Crippen LogP contribution in [0.3, 0.4) is 0 Å². The van der Waals surface area contributed by atoms with Crippen LogP contribution in [0.25, 0.3) is 64.7 Å². The highest BCUT2D eigenvalue weighted by molar-refractivity contribution is 7.26. The van der Waals surface area contributed by atoms with Crippen molar-refractivity contribution in [2.45, 2.75) is 52.4 Å². The van der Waals surface area contributed by atoms with E-state index in [-0.39, 0.29) is 10.8 Å². The third kappa shape index (κ3) is 5.07. The molecule has 8 aromatic carbocycles. The highest BCUT2D eigenvalue weighted by Crippen LogP contribution is 2.55. The predicted octanol–water partition coefficient (Wildman–Crippen LogP) is 16.1. The lowest BCUT2D eigenvalue weighted by Gasteiger charge is -2.29. The topological polar surface area (TPSA) is 3.24 Å². The number of benzene rings is 8. The molecule has 0 atom stereocenters. The first-order valence-electron chi connectivity index (χ1n) is 20.5. The first-order valence-corrected chi connectivity index (χ1v) is 21.3. The molecule has 0 spiro atoms. The van der Waals surface area contributed by atoms with Crippen molar-refractivity contribution in [2.24, 2.45) is 0 Å². The van der Waals surface area contributed by atoms with Gasteiger partial charge < -0.3 is 4.90 Å². The summed E-state index contributed by atoms with van der Waals surface area (Å²) in [5, 5.41) is 2.65. The number of anilines is 3. The van der Waals surface area contributed by atoms with E-state index in [1.807, 2.05) is 11.3 Å². The molecule has 1 aromatic heterocycles. The molecular weight excluding hydrogens is 719 g/mol. The molecule has 0 radical (unpaired) electrons. The molecule has 2 aliphatic carbocycles. The van der Waals surface area contributed by atoms with Gasteiger partial charge in [-0.1, -0.05) is 155 Å². The molecule has 0 saturated carbocycles. The Morgan fingerprint density at radius 1 is 0.431 bits per heavy atom. The van der Waals surface area contributed by atoms with Crippen LogP contribution in [0.2, 0.25) is 0 Å². The third-order valence-electron chi connectivity index (χ3n) is 13.2. The van der Waals surface area contributed by atoms with E-state index in [2.05, 4.69) is 210 Å². The summed E-state index contributed by atoms with van der Waals surface area (Å²) in [6.07, 6.45) is 0. The normalized spacial score (nSPS) is 14.3. The molecule has 0 unspecified atom stereocenters. The summed E-state index contributed by atoms with van der Waals surface area (Å²) in [5.74, 6) is 0. The van der Waals surface area contributed by atoms with Crippen LogP contribution in [0, 0.1) is 13.8 Å². The van der Waals surface area contributed by atoms with Crippen LogP contribution in [-0.2, 0) is 10.8 Å². The molecule has 9 aromatic rings. The Bertz CT molecular complexity index is 3140. The van der Waals surface area contributed by atoms with E-state index in [0.29, 0.717) is 0 Å². The van der Waals surface area contributed by atoms with Gasteiger partial charge in [0.05, 0.1) is 5.69 Å². The van der Waals surface area contributed by atoms with Crippen LogP contribution in [0.15, 0.2) is 164 Å². The lowest BCUT2D eigenvalue weighted by molar-refractivity contribution is 0.659. The Morgan fingerprint density at radius 2 is 1.09 bits per heavy atom. The maximum Gasteiger partial charge on any atom is 0.0543 e. The van der Waals surface area contributed by atoms with E-state index in [4.69, 9.17) is 0 Å². The van der Waals surface area contributed by atoms with Crippen molar-refractivity contribution in [1.82, 2.24) is 0 Å². The van der Waals surface area contributed by atoms with Crippen molar-refractivity contribution in [1.29, 1.82) is 0 Å². The van der Waals surface area contributed by atoms with Gasteiger partial charge in [-0.05, 0) is 123 Å². The smallest absolute Gasteiger partial charge is 0.0543 e. The maximum absolute atomic E-state index is 2.49. The Hall–Kier alpha value is -6.22. The number of nitrogens with zero attached hydrogens (tertiary/aromatic N) is 1. The average Bonchev–Trinajstić information content (AvgIpc) is 3.81. The van der Waals surface area contributed by atoms with Crippen molar-refractivity contribution < 1.29 is 0 Å². The largest absolute Gasteiger partial charge is 0.310 e. The van der Waals surface area contributed by atoms with Crippen LogP contribution in [0.4, 0.5) is 17.1 Å². The second-order valence-corrected chi connectivity index (χ2v) is 18.5. The lowest BCUT2D eigenvalue weighted by Crippen LogP contribution is -2.16. The summed E-state index contributed by atoms with van der Waals surface area (Å²) in [6, 6.07) is 61.7. The highest BCUT2D eigenvalue weighted by atomic mass is 32.1. The minimum atomic E-state index is -0.104. The van der Waals surface area contributed by atoms with E-state index in [1.165, 1.54) is 104 Å². The van der Waals surface area contributed by atoms with Crippen LogP contribution < -0.4 is 4.90 Å². The number of hydrogen-bond acceptors (Lipinski definition) is 2. The molecule has 0 bridgehead atoms. The molecule has 280 valence electrons. The van der Waals surface area contributed by atoms with E-state index in [0.717, 1.165) is 11.4 Å². The van der Waals surface area contributed by atoms with Gasteiger partial charge in [0.25, 0.3) is 0 Å². The zero-order chi connectivity index (χ0) is 39.5. The van der Waals surface area contributed by atoms with Gasteiger partial charge in [-0.3, -0.25) is 0 Å². The second-order valence-electron chi connectivity index (χ2n) is 17.5. The van der Waals surface area contributed by atoms with Gasteiger partial charge in [-0.25, -0.2) is 0 Å². The summed E-state index contributed by atoms with van der Waals surface area (Å²) in [4.78, 5) is 2.49. The molecule has 0 aliphatic heterocycles. The Labute approximate surface area is 345 Å². The van der Waals surface area contributed by atoms with Crippen LogP contribution in [0.5, 0.6) is 0 Å². The van der Waals surface area contributed by atoms with Gasteiger partial charge >= 0.3 is 0 Å². The summed E-state index contributed by atoms with van der Waals surface area (Å²) in [6.45, 7) is 14.0. The van der Waals surface area contributed by atoms with Crippen molar-refractivity contribution >= 4 is 48.6 Å². The second kappa shape index (κ2) is 12.6. The zero-order valence-corrected chi connectivity index (χ0v) is 34.8. The Balaban J connectivity index is 1.08. The quantitative estimate of drug-likeness (QED) is 0.169. The van der Waals surface area contributed by atoms with Gasteiger partial charge in [-0.15, -0.1) is 11.3 Å². The van der Waals surface area contributed by atoms with Gasteiger partial charge in [0, 0.05) is 47.9 Å². The fraction of sp³-hybridized carbons (Fsp3) is 0.143. The number of hydrogen-bond donors (Lipinski definition) is 0. The standard InChI is InChI=1S/C56H45NS/c1-34-30-35(2)52-45-33-38(26-29-47(45)56(5,6)49(52)31-34)37-14-11-15-40(32-37)57(50-22-13-21-48-53(50)44-17-7-9-20-46(44)55(48,3)4)39-27-24-36(25-28-39)41-18-12-19-43-42-16-8-10-23-51(42)58-54(41)43/h7-33H,1-6H3. The van der Waals surface area contributed by atoms with Gasteiger partial charge in [0.2, 0.25) is 0 Å². The molecule has 0 fully saturated rings. The molecule has 0 saturated heterocycles. The maximum atomic E-state index is 2.49. The fourth-order valence-electron chi connectivity index (χ4n) is 10.4. The minimum Gasteiger partial charge on any atom is -0.310 e. The summed E-state index contributed by atoms with van der Waals surface area (Å²) < 4.78 is 2.67. The monoisotopic (exact) mass is 763 g/mol. The summed E-state index contributed by atoms with van der Waals surface area (Å²) >= 11 is 1.89. The van der Waals surface area contributed by atoms with Gasteiger partial charge in [0.15, 0.2) is 0 Å². The van der Waals surface area contributed by atoms with Gasteiger partial charge in [-0.2, -0.15) is 0 Å². The van der Waals surface area contributed by atoms with Crippen molar-refractivity contribution in [3.05, 3.63) is 197 Å². The minimum absolute atomic E-state index is 0.0367. The number of thiophene rings is 1. The Kier molecular flexibility index (Phi) is 7.62. The molecule has 11 rings (SSSR count). The van der Waals surface area contributed by atoms with Crippen molar-refractivity contribution in [3.8, 4) is 44.5 Å².